The highest BCUT2D eigenvalue weighted by atomic mass is 35.5. The Hall–Kier alpha value is -2.41. The molecule has 0 atom stereocenters. The lowest BCUT2D eigenvalue weighted by Crippen LogP contribution is -2.02. The second-order valence-corrected chi connectivity index (χ2v) is 4.08. The average molecular weight is 296 g/mol. The number of ether oxygens (including phenoxy) is 2. The molecule has 8 heteroatoms. The van der Waals surface area contributed by atoms with Crippen LogP contribution in [0.5, 0.6) is 17.4 Å². The molecule has 1 heterocycles. The van der Waals surface area contributed by atoms with Gasteiger partial charge in [0.15, 0.2) is 11.5 Å². The molecule has 20 heavy (non-hydrogen) atoms. The fourth-order valence-corrected chi connectivity index (χ4v) is 1.80. The molecule has 0 saturated carbocycles. The van der Waals surface area contributed by atoms with Gasteiger partial charge in [-0.05, 0) is 30.7 Å². The van der Waals surface area contributed by atoms with Crippen molar-refractivity contribution >= 4 is 17.3 Å². The van der Waals surface area contributed by atoms with Gasteiger partial charge < -0.3 is 9.47 Å². The van der Waals surface area contributed by atoms with Crippen LogP contribution in [0.3, 0.4) is 0 Å². The Bertz CT molecular complexity index is 663. The summed E-state index contributed by atoms with van der Waals surface area (Å²) in [5.41, 5.74) is -0.208. The molecule has 0 bridgehead atoms. The summed E-state index contributed by atoms with van der Waals surface area (Å²) < 4.78 is 10.6. The van der Waals surface area contributed by atoms with Crippen molar-refractivity contribution in [2.45, 2.75) is 6.92 Å². The van der Waals surface area contributed by atoms with E-state index in [1.165, 1.54) is 14.0 Å². The average Bonchev–Trinajstić information content (AvgIpc) is 2.38. The van der Waals surface area contributed by atoms with Crippen molar-refractivity contribution in [3.63, 3.8) is 0 Å². The third-order valence-corrected chi connectivity index (χ3v) is 2.63. The number of aromatic nitrogens is 2. The van der Waals surface area contributed by atoms with Crippen LogP contribution in [-0.2, 0) is 0 Å². The summed E-state index contributed by atoms with van der Waals surface area (Å²) in [5, 5.41) is 10.9. The van der Waals surface area contributed by atoms with E-state index in [2.05, 4.69) is 9.97 Å². The lowest BCUT2D eigenvalue weighted by Gasteiger charge is -2.10. The van der Waals surface area contributed by atoms with E-state index in [4.69, 9.17) is 21.1 Å². The summed E-state index contributed by atoms with van der Waals surface area (Å²) in [5.74, 6) is 0.499. The van der Waals surface area contributed by atoms with Crippen molar-refractivity contribution in [1.82, 2.24) is 9.97 Å². The minimum atomic E-state index is -0.615. The maximum absolute atomic E-state index is 11.1. The van der Waals surface area contributed by atoms with Crippen molar-refractivity contribution in [2.24, 2.45) is 0 Å². The molecule has 0 unspecified atom stereocenters. The molecule has 104 valence electrons. The van der Waals surface area contributed by atoms with Gasteiger partial charge in [0.2, 0.25) is 5.28 Å². The smallest absolute Gasteiger partial charge is 0.352 e. The Balaban J connectivity index is 2.50. The predicted octanol–water partition coefficient (Wildman–Crippen LogP) is 3.15. The van der Waals surface area contributed by atoms with Gasteiger partial charge in [-0.2, -0.15) is 4.98 Å². The Morgan fingerprint density at radius 3 is 2.50 bits per heavy atom. The molecule has 0 spiro atoms. The summed E-state index contributed by atoms with van der Waals surface area (Å²) >= 11 is 5.71. The van der Waals surface area contributed by atoms with E-state index in [0.29, 0.717) is 11.5 Å². The van der Waals surface area contributed by atoms with Gasteiger partial charge in [0.05, 0.1) is 12.0 Å². The van der Waals surface area contributed by atoms with Crippen molar-refractivity contribution in [3.8, 4) is 17.4 Å². The minimum Gasteiger partial charge on any atom is -0.493 e. The van der Waals surface area contributed by atoms with Gasteiger partial charge in [-0.3, -0.25) is 10.1 Å². The largest absolute Gasteiger partial charge is 0.493 e. The summed E-state index contributed by atoms with van der Waals surface area (Å²) in [6.45, 7) is 1.46. The van der Waals surface area contributed by atoms with Gasteiger partial charge in [-0.15, -0.1) is 0 Å². The molecule has 0 aliphatic heterocycles. The van der Waals surface area contributed by atoms with Gasteiger partial charge in [-0.1, -0.05) is 12.1 Å². The van der Waals surface area contributed by atoms with E-state index in [0.717, 1.165) is 0 Å². The van der Waals surface area contributed by atoms with Gasteiger partial charge in [-0.25, -0.2) is 4.98 Å². The number of halogens is 1. The number of para-hydroxylation sites is 2. The number of nitrogens with zero attached hydrogens (tertiary/aromatic N) is 3. The highest BCUT2D eigenvalue weighted by Crippen LogP contribution is 2.36. The first kappa shape index (κ1) is 14.0. The Morgan fingerprint density at radius 1 is 1.25 bits per heavy atom. The third-order valence-electron chi connectivity index (χ3n) is 2.46. The first-order chi connectivity index (χ1) is 9.52. The Morgan fingerprint density at radius 2 is 1.90 bits per heavy atom. The van der Waals surface area contributed by atoms with Gasteiger partial charge in [0.1, 0.15) is 5.69 Å². The van der Waals surface area contributed by atoms with E-state index in [1.54, 1.807) is 24.3 Å². The van der Waals surface area contributed by atoms with Crippen LogP contribution in [0.15, 0.2) is 24.3 Å². The van der Waals surface area contributed by atoms with Crippen LogP contribution in [0, 0.1) is 17.0 Å². The number of hydrogen-bond acceptors (Lipinski definition) is 6. The standard InChI is InChI=1S/C12H10ClN3O4/c1-7-10(16(17)18)11(15-12(13)14-7)20-9-6-4-3-5-8(9)19-2/h3-6H,1-2H3. The topological polar surface area (TPSA) is 87.4 Å². The van der Waals surface area contributed by atoms with Crippen LogP contribution < -0.4 is 9.47 Å². The van der Waals surface area contributed by atoms with E-state index >= 15 is 0 Å². The van der Waals surface area contributed by atoms with Crippen molar-refractivity contribution in [3.05, 3.63) is 45.4 Å². The maximum Gasteiger partial charge on any atom is 0.352 e. The van der Waals surface area contributed by atoms with E-state index in [1.807, 2.05) is 0 Å². The van der Waals surface area contributed by atoms with Gasteiger partial charge in [0.25, 0.3) is 0 Å². The molecule has 7 nitrogen and oxygen atoms in total. The van der Waals surface area contributed by atoms with E-state index in [9.17, 15) is 10.1 Å². The normalized spacial score (nSPS) is 10.2. The zero-order chi connectivity index (χ0) is 14.7. The molecule has 0 N–H and O–H groups in total. The summed E-state index contributed by atoms with van der Waals surface area (Å²) in [6, 6.07) is 6.72. The summed E-state index contributed by atoms with van der Waals surface area (Å²) in [7, 11) is 1.47. The van der Waals surface area contributed by atoms with Gasteiger partial charge >= 0.3 is 11.6 Å². The number of hydrogen-bond donors (Lipinski definition) is 0. The SMILES string of the molecule is COc1ccccc1Oc1nc(Cl)nc(C)c1[N+](=O)[O-]. The molecule has 0 aliphatic carbocycles. The van der Waals surface area contributed by atoms with Crippen LogP contribution in [0.4, 0.5) is 5.69 Å². The second-order valence-electron chi connectivity index (χ2n) is 3.74. The van der Waals surface area contributed by atoms with Crippen molar-refractivity contribution in [1.29, 1.82) is 0 Å². The second kappa shape index (κ2) is 5.70. The molecule has 1 aromatic carbocycles. The first-order valence-electron chi connectivity index (χ1n) is 5.52. The Kier molecular flexibility index (Phi) is 3.99. The fraction of sp³-hybridized carbons (Fsp3) is 0.167. The molecule has 0 aliphatic rings. The van der Waals surface area contributed by atoms with Crippen LogP contribution >= 0.6 is 11.6 Å². The number of nitro groups is 1. The minimum absolute atomic E-state index is 0.125. The number of benzene rings is 1. The predicted molar refractivity (Wildman–Crippen MR) is 71.5 cm³/mol. The summed E-state index contributed by atoms with van der Waals surface area (Å²) in [4.78, 5) is 18.0. The highest BCUT2D eigenvalue weighted by molar-refractivity contribution is 6.28. The maximum atomic E-state index is 11.1. The van der Waals surface area contributed by atoms with Crippen LogP contribution in [0.2, 0.25) is 5.28 Å². The van der Waals surface area contributed by atoms with Crippen LogP contribution in [0.1, 0.15) is 5.69 Å². The quantitative estimate of drug-likeness (QED) is 0.489. The highest BCUT2D eigenvalue weighted by Gasteiger charge is 2.24. The third kappa shape index (κ3) is 2.77. The zero-order valence-electron chi connectivity index (χ0n) is 10.7. The van der Waals surface area contributed by atoms with Crippen molar-refractivity contribution in [2.75, 3.05) is 7.11 Å². The van der Waals surface area contributed by atoms with Gasteiger partial charge in [0, 0.05) is 0 Å². The monoisotopic (exact) mass is 295 g/mol. The Labute approximate surface area is 119 Å². The zero-order valence-corrected chi connectivity index (χ0v) is 11.4. The van der Waals surface area contributed by atoms with E-state index < -0.39 is 4.92 Å². The number of methoxy groups -OCH3 is 1. The van der Waals surface area contributed by atoms with Crippen LogP contribution in [-0.4, -0.2) is 22.0 Å². The number of aryl methyl sites for hydroxylation is 1. The molecule has 2 aromatic rings. The molecule has 0 radical (unpaired) electrons. The molecule has 0 fully saturated rings. The summed E-state index contributed by atoms with van der Waals surface area (Å²) in [6.07, 6.45) is 0. The lowest BCUT2D eigenvalue weighted by atomic mass is 10.3. The fourth-order valence-electron chi connectivity index (χ4n) is 1.60. The van der Waals surface area contributed by atoms with Crippen LogP contribution in [0.25, 0.3) is 0 Å². The molecule has 2 rings (SSSR count). The molecule has 0 saturated heterocycles. The molecule has 1 aromatic heterocycles. The molecular formula is C12H10ClN3O4. The molecular weight excluding hydrogens is 286 g/mol. The van der Waals surface area contributed by atoms with Crippen molar-refractivity contribution < 1.29 is 14.4 Å². The lowest BCUT2D eigenvalue weighted by molar-refractivity contribution is -0.386. The first-order valence-corrected chi connectivity index (χ1v) is 5.90. The molecule has 0 amide bonds. The van der Waals surface area contributed by atoms with E-state index in [-0.39, 0.29) is 22.5 Å². The number of rotatable bonds is 4.